The molecule has 0 aliphatic carbocycles. The van der Waals surface area contributed by atoms with Gasteiger partial charge in [0.1, 0.15) is 5.82 Å². The number of aryl methyl sites for hydroxylation is 1. The van der Waals surface area contributed by atoms with E-state index in [9.17, 15) is 4.79 Å². The van der Waals surface area contributed by atoms with Crippen LogP contribution in [0.4, 0.5) is 0 Å². The Bertz CT molecular complexity index is 520. The number of aromatic nitrogens is 2. The zero-order valence-corrected chi connectivity index (χ0v) is 10.7. The Morgan fingerprint density at radius 3 is 2.83 bits per heavy atom. The zero-order chi connectivity index (χ0) is 13.0. The summed E-state index contributed by atoms with van der Waals surface area (Å²) in [5.74, 6) is 0.823. The fourth-order valence-electron chi connectivity index (χ4n) is 1.92. The Labute approximate surface area is 107 Å². The van der Waals surface area contributed by atoms with E-state index >= 15 is 0 Å². The first-order valence-corrected chi connectivity index (χ1v) is 6.04. The Morgan fingerprint density at radius 2 is 2.17 bits per heavy atom. The first kappa shape index (κ1) is 12.4. The molecular formula is C14H17N3O. The third-order valence-corrected chi connectivity index (χ3v) is 2.92. The zero-order valence-electron chi connectivity index (χ0n) is 10.7. The molecule has 0 atom stereocenters. The lowest BCUT2D eigenvalue weighted by Crippen LogP contribution is -2.27. The van der Waals surface area contributed by atoms with Crippen molar-refractivity contribution in [2.24, 2.45) is 0 Å². The van der Waals surface area contributed by atoms with E-state index in [1.807, 2.05) is 24.3 Å². The van der Waals surface area contributed by atoms with Gasteiger partial charge in [-0.2, -0.15) is 0 Å². The molecule has 18 heavy (non-hydrogen) atoms. The van der Waals surface area contributed by atoms with Crippen LogP contribution in [-0.4, -0.2) is 27.8 Å². The van der Waals surface area contributed by atoms with Crippen molar-refractivity contribution < 1.29 is 4.79 Å². The highest BCUT2D eigenvalue weighted by molar-refractivity contribution is 5.95. The molecule has 2 aromatic rings. The van der Waals surface area contributed by atoms with Gasteiger partial charge in [-0.1, -0.05) is 25.1 Å². The van der Waals surface area contributed by atoms with Gasteiger partial charge in [0.2, 0.25) is 0 Å². The van der Waals surface area contributed by atoms with Crippen LogP contribution >= 0.6 is 0 Å². The molecular weight excluding hydrogens is 226 g/mol. The van der Waals surface area contributed by atoms with Gasteiger partial charge in [-0.25, -0.2) is 4.98 Å². The standard InChI is InChI=1S/C14H17N3O/c1-3-11-6-4-5-7-12(11)14(18)17(2)10-13-15-8-9-16-13/h4-9H,3,10H2,1-2H3,(H,15,16). The number of amides is 1. The van der Waals surface area contributed by atoms with Gasteiger partial charge >= 0.3 is 0 Å². The first-order valence-electron chi connectivity index (χ1n) is 6.04. The van der Waals surface area contributed by atoms with Gasteiger partial charge in [0.15, 0.2) is 0 Å². The minimum absolute atomic E-state index is 0.0313. The number of nitrogens with one attached hydrogen (secondary N) is 1. The molecule has 0 saturated carbocycles. The fraction of sp³-hybridized carbons (Fsp3) is 0.286. The second kappa shape index (κ2) is 5.49. The van der Waals surface area contributed by atoms with Crippen molar-refractivity contribution in [3.8, 4) is 0 Å². The number of hydrogen-bond donors (Lipinski definition) is 1. The molecule has 1 aromatic heterocycles. The largest absolute Gasteiger partial charge is 0.347 e. The smallest absolute Gasteiger partial charge is 0.254 e. The molecule has 1 heterocycles. The van der Waals surface area contributed by atoms with E-state index < -0.39 is 0 Å². The van der Waals surface area contributed by atoms with E-state index in [-0.39, 0.29) is 5.91 Å². The van der Waals surface area contributed by atoms with Gasteiger partial charge in [-0.15, -0.1) is 0 Å². The molecule has 0 bridgehead atoms. The lowest BCUT2D eigenvalue weighted by atomic mass is 10.0. The highest BCUT2D eigenvalue weighted by Gasteiger charge is 2.15. The molecule has 0 radical (unpaired) electrons. The van der Waals surface area contributed by atoms with Crippen molar-refractivity contribution in [1.82, 2.24) is 14.9 Å². The second-order valence-electron chi connectivity index (χ2n) is 4.21. The highest BCUT2D eigenvalue weighted by Crippen LogP contribution is 2.12. The van der Waals surface area contributed by atoms with Crippen LogP contribution in [0, 0.1) is 0 Å². The Balaban J connectivity index is 2.15. The maximum absolute atomic E-state index is 12.3. The quantitative estimate of drug-likeness (QED) is 0.895. The molecule has 1 aromatic carbocycles. The number of rotatable bonds is 4. The highest BCUT2D eigenvalue weighted by atomic mass is 16.2. The van der Waals surface area contributed by atoms with Crippen molar-refractivity contribution in [3.63, 3.8) is 0 Å². The van der Waals surface area contributed by atoms with Gasteiger partial charge < -0.3 is 9.88 Å². The van der Waals surface area contributed by atoms with Crippen LogP contribution in [0.3, 0.4) is 0 Å². The lowest BCUT2D eigenvalue weighted by molar-refractivity contribution is 0.0781. The van der Waals surface area contributed by atoms with E-state index in [0.717, 1.165) is 23.4 Å². The van der Waals surface area contributed by atoms with Crippen LogP contribution in [0.25, 0.3) is 0 Å². The number of nitrogens with zero attached hydrogens (tertiary/aromatic N) is 2. The van der Waals surface area contributed by atoms with Gasteiger partial charge in [0.25, 0.3) is 5.91 Å². The van der Waals surface area contributed by atoms with E-state index in [2.05, 4.69) is 16.9 Å². The molecule has 0 saturated heterocycles. The molecule has 0 fully saturated rings. The molecule has 94 valence electrons. The first-order chi connectivity index (χ1) is 8.72. The average molecular weight is 243 g/mol. The topological polar surface area (TPSA) is 49.0 Å². The van der Waals surface area contributed by atoms with Crippen LogP contribution in [0.15, 0.2) is 36.7 Å². The number of carbonyl (C=O) groups is 1. The summed E-state index contributed by atoms with van der Waals surface area (Å²) in [6, 6.07) is 7.73. The number of benzene rings is 1. The van der Waals surface area contributed by atoms with Gasteiger partial charge in [0, 0.05) is 25.0 Å². The third-order valence-electron chi connectivity index (χ3n) is 2.92. The van der Waals surface area contributed by atoms with Crippen molar-refractivity contribution in [1.29, 1.82) is 0 Å². The summed E-state index contributed by atoms with van der Waals surface area (Å²) in [5, 5.41) is 0. The Kier molecular flexibility index (Phi) is 3.77. The third kappa shape index (κ3) is 2.59. The molecule has 1 amide bonds. The summed E-state index contributed by atoms with van der Waals surface area (Å²) in [6.45, 7) is 2.54. The minimum atomic E-state index is 0.0313. The van der Waals surface area contributed by atoms with Crippen molar-refractivity contribution in [2.45, 2.75) is 19.9 Å². The predicted octanol–water partition coefficient (Wildman–Crippen LogP) is 2.24. The maximum Gasteiger partial charge on any atom is 0.254 e. The van der Waals surface area contributed by atoms with Gasteiger partial charge in [-0.3, -0.25) is 4.79 Å². The monoisotopic (exact) mass is 243 g/mol. The second-order valence-corrected chi connectivity index (χ2v) is 4.21. The van der Waals surface area contributed by atoms with Crippen LogP contribution in [-0.2, 0) is 13.0 Å². The summed E-state index contributed by atoms with van der Waals surface area (Å²) >= 11 is 0. The van der Waals surface area contributed by atoms with E-state index in [1.165, 1.54) is 0 Å². The maximum atomic E-state index is 12.3. The molecule has 0 spiro atoms. The van der Waals surface area contributed by atoms with E-state index in [4.69, 9.17) is 0 Å². The summed E-state index contributed by atoms with van der Waals surface area (Å²) in [4.78, 5) is 21.1. The van der Waals surface area contributed by atoms with E-state index in [1.54, 1.807) is 24.3 Å². The van der Waals surface area contributed by atoms with Crippen molar-refractivity contribution >= 4 is 5.91 Å². The van der Waals surface area contributed by atoms with Crippen LogP contribution in [0.5, 0.6) is 0 Å². The average Bonchev–Trinajstić information content (AvgIpc) is 2.90. The molecule has 0 aliphatic rings. The summed E-state index contributed by atoms with van der Waals surface area (Å²) in [7, 11) is 1.79. The Hall–Kier alpha value is -2.10. The lowest BCUT2D eigenvalue weighted by Gasteiger charge is -2.17. The fourth-order valence-corrected chi connectivity index (χ4v) is 1.92. The number of H-pyrrole nitrogens is 1. The van der Waals surface area contributed by atoms with Gasteiger partial charge in [-0.05, 0) is 18.1 Å². The summed E-state index contributed by atoms with van der Waals surface area (Å²) in [5.41, 5.74) is 1.85. The Morgan fingerprint density at radius 1 is 1.39 bits per heavy atom. The molecule has 2 rings (SSSR count). The number of hydrogen-bond acceptors (Lipinski definition) is 2. The molecule has 4 nitrogen and oxygen atoms in total. The predicted molar refractivity (Wildman–Crippen MR) is 70.2 cm³/mol. The minimum Gasteiger partial charge on any atom is -0.347 e. The molecule has 4 heteroatoms. The molecule has 1 N–H and O–H groups in total. The van der Waals surface area contributed by atoms with Crippen LogP contribution in [0.1, 0.15) is 28.7 Å². The summed E-state index contributed by atoms with van der Waals surface area (Å²) < 4.78 is 0. The normalized spacial score (nSPS) is 10.3. The van der Waals surface area contributed by atoms with Crippen LogP contribution < -0.4 is 0 Å². The van der Waals surface area contributed by atoms with Crippen molar-refractivity contribution in [2.75, 3.05) is 7.05 Å². The number of imidazole rings is 1. The summed E-state index contributed by atoms with van der Waals surface area (Å²) in [6.07, 6.45) is 4.30. The molecule has 0 aliphatic heterocycles. The number of carbonyl (C=O) groups excluding carboxylic acids is 1. The van der Waals surface area contributed by atoms with Crippen molar-refractivity contribution in [3.05, 3.63) is 53.6 Å². The van der Waals surface area contributed by atoms with E-state index in [0.29, 0.717) is 6.54 Å². The SMILES string of the molecule is CCc1ccccc1C(=O)N(C)Cc1ncc[nH]1. The van der Waals surface area contributed by atoms with Crippen LogP contribution in [0.2, 0.25) is 0 Å². The van der Waals surface area contributed by atoms with Gasteiger partial charge in [0.05, 0.1) is 6.54 Å². The molecule has 0 unspecified atom stereocenters. The number of aromatic amines is 1.